The van der Waals surface area contributed by atoms with Crippen molar-refractivity contribution in [1.29, 1.82) is 0 Å². The number of nitrogens with zero attached hydrogens (tertiary/aromatic N) is 2. The van der Waals surface area contributed by atoms with Gasteiger partial charge >= 0.3 is 0 Å². The molecule has 6 nitrogen and oxygen atoms in total. The molecule has 1 aliphatic heterocycles. The van der Waals surface area contributed by atoms with Crippen molar-refractivity contribution in [3.05, 3.63) is 52.9 Å². The minimum Gasteiger partial charge on any atom is -0.504 e. The van der Waals surface area contributed by atoms with Crippen LogP contribution in [0.5, 0.6) is 17.2 Å². The van der Waals surface area contributed by atoms with Crippen molar-refractivity contribution in [3.8, 4) is 17.2 Å². The number of amidine groups is 1. The summed E-state index contributed by atoms with van der Waals surface area (Å²) < 4.78 is 10.3. The third-order valence-corrected chi connectivity index (χ3v) is 5.14. The fourth-order valence-electron chi connectivity index (χ4n) is 2.71. The van der Waals surface area contributed by atoms with Gasteiger partial charge in [-0.2, -0.15) is 0 Å². The second kappa shape index (κ2) is 8.84. The normalized spacial score (nSPS) is 16.8. The summed E-state index contributed by atoms with van der Waals surface area (Å²) in [6.07, 6.45) is 2.61. The first-order valence-electron chi connectivity index (χ1n) is 8.87. The van der Waals surface area contributed by atoms with E-state index in [0.29, 0.717) is 22.4 Å². The predicted molar refractivity (Wildman–Crippen MR) is 112 cm³/mol. The quantitative estimate of drug-likeness (QED) is 0.729. The van der Waals surface area contributed by atoms with Crippen LogP contribution in [0.15, 0.2) is 52.4 Å². The molecule has 146 valence electrons. The van der Waals surface area contributed by atoms with Crippen LogP contribution in [-0.4, -0.2) is 41.8 Å². The number of carbonyl (C=O) groups excluding carboxylic acids is 1. The summed E-state index contributed by atoms with van der Waals surface area (Å²) in [7, 11) is 3.11. The molecule has 0 radical (unpaired) electrons. The molecule has 2 aromatic rings. The maximum atomic E-state index is 12.9. The van der Waals surface area contributed by atoms with E-state index in [2.05, 4.69) is 4.99 Å². The summed E-state index contributed by atoms with van der Waals surface area (Å²) in [5, 5.41) is 10.4. The minimum absolute atomic E-state index is 0.0596. The van der Waals surface area contributed by atoms with Crippen LogP contribution < -0.4 is 9.47 Å². The number of phenols is 1. The lowest BCUT2D eigenvalue weighted by Gasteiger charge is -2.14. The number of thioether (sulfide) groups is 1. The van der Waals surface area contributed by atoms with Gasteiger partial charge in [0.2, 0.25) is 0 Å². The Morgan fingerprint density at radius 2 is 1.89 bits per heavy atom. The molecule has 0 bridgehead atoms. The highest BCUT2D eigenvalue weighted by atomic mass is 32.2. The average Bonchev–Trinajstić information content (AvgIpc) is 2.99. The number of aromatic hydroxyl groups is 1. The van der Waals surface area contributed by atoms with E-state index in [4.69, 9.17) is 9.47 Å². The number of carbonyl (C=O) groups is 1. The van der Waals surface area contributed by atoms with E-state index in [9.17, 15) is 9.90 Å². The van der Waals surface area contributed by atoms with E-state index in [1.54, 1.807) is 36.3 Å². The first kappa shape index (κ1) is 19.8. The Kier molecular flexibility index (Phi) is 6.26. The number of amides is 1. The van der Waals surface area contributed by atoms with Gasteiger partial charge in [0.15, 0.2) is 16.7 Å². The van der Waals surface area contributed by atoms with Crippen molar-refractivity contribution >= 4 is 34.6 Å². The zero-order valence-corrected chi connectivity index (χ0v) is 16.8. The monoisotopic (exact) mass is 398 g/mol. The molecule has 3 rings (SSSR count). The summed E-state index contributed by atoms with van der Waals surface area (Å²) in [5.41, 5.74) is 1.53. The molecule has 0 aliphatic carbocycles. The van der Waals surface area contributed by atoms with Crippen LogP contribution in [0.4, 0.5) is 5.69 Å². The largest absolute Gasteiger partial charge is 0.504 e. The third-order valence-electron chi connectivity index (χ3n) is 4.13. The molecule has 0 unspecified atom stereocenters. The lowest BCUT2D eigenvalue weighted by Crippen LogP contribution is -2.29. The van der Waals surface area contributed by atoms with Crippen molar-refractivity contribution < 1.29 is 19.4 Å². The first-order chi connectivity index (χ1) is 13.5. The van der Waals surface area contributed by atoms with E-state index < -0.39 is 0 Å². The van der Waals surface area contributed by atoms with Gasteiger partial charge in [0.05, 0.1) is 24.8 Å². The molecule has 0 atom stereocenters. The number of rotatable bonds is 6. The van der Waals surface area contributed by atoms with Gasteiger partial charge in [-0.05, 0) is 66.2 Å². The van der Waals surface area contributed by atoms with Gasteiger partial charge in [-0.3, -0.25) is 9.69 Å². The maximum absolute atomic E-state index is 12.9. The van der Waals surface area contributed by atoms with E-state index in [0.717, 1.165) is 23.4 Å². The fraction of sp³-hybridized carbons (Fsp3) is 0.238. The number of methoxy groups -OCH3 is 2. The van der Waals surface area contributed by atoms with Crippen LogP contribution in [0.1, 0.15) is 18.9 Å². The average molecular weight is 398 g/mol. The zero-order valence-electron chi connectivity index (χ0n) is 16.0. The molecule has 2 aromatic carbocycles. The van der Waals surface area contributed by atoms with E-state index in [1.807, 2.05) is 31.2 Å². The lowest BCUT2D eigenvalue weighted by atomic mass is 10.2. The summed E-state index contributed by atoms with van der Waals surface area (Å²) in [6, 6.07) is 12.4. The van der Waals surface area contributed by atoms with Crippen LogP contribution in [0.2, 0.25) is 0 Å². The molecule has 7 heteroatoms. The number of hydrogen-bond acceptors (Lipinski definition) is 6. The molecule has 0 aromatic heterocycles. The van der Waals surface area contributed by atoms with Crippen molar-refractivity contribution in [3.63, 3.8) is 0 Å². The zero-order chi connectivity index (χ0) is 20.1. The standard InChI is InChI=1S/C21H22N2O4S/c1-4-11-23-20(25)19(13-14-5-10-17(24)18(12-14)27-3)28-21(23)22-15-6-8-16(26-2)9-7-15/h5-10,12-13,24H,4,11H2,1-3H3/b19-13-,22-21?. The third kappa shape index (κ3) is 4.31. The summed E-state index contributed by atoms with van der Waals surface area (Å²) >= 11 is 1.34. The van der Waals surface area contributed by atoms with Gasteiger partial charge in [-0.25, -0.2) is 4.99 Å². The van der Waals surface area contributed by atoms with Crippen molar-refractivity contribution in [1.82, 2.24) is 4.90 Å². The fourth-order valence-corrected chi connectivity index (χ4v) is 3.74. The Morgan fingerprint density at radius 1 is 1.14 bits per heavy atom. The van der Waals surface area contributed by atoms with Crippen molar-refractivity contribution in [2.24, 2.45) is 4.99 Å². The van der Waals surface area contributed by atoms with Gasteiger partial charge in [0, 0.05) is 6.54 Å². The topological polar surface area (TPSA) is 71.4 Å². The molecule has 0 spiro atoms. The van der Waals surface area contributed by atoms with E-state index in [1.165, 1.54) is 18.9 Å². The summed E-state index contributed by atoms with van der Waals surface area (Å²) in [6.45, 7) is 2.62. The number of hydrogen-bond donors (Lipinski definition) is 1. The van der Waals surface area contributed by atoms with Gasteiger partial charge in [-0.15, -0.1) is 0 Å². The second-order valence-electron chi connectivity index (χ2n) is 6.09. The minimum atomic E-state index is -0.0776. The smallest absolute Gasteiger partial charge is 0.266 e. The Labute approximate surface area is 168 Å². The Morgan fingerprint density at radius 3 is 2.54 bits per heavy atom. The Bertz CT molecular complexity index is 923. The highest BCUT2D eigenvalue weighted by molar-refractivity contribution is 8.18. The first-order valence-corrected chi connectivity index (χ1v) is 9.68. The van der Waals surface area contributed by atoms with Crippen LogP contribution in [0, 0.1) is 0 Å². The molecule has 1 heterocycles. The van der Waals surface area contributed by atoms with Gasteiger partial charge < -0.3 is 14.6 Å². The van der Waals surface area contributed by atoms with Crippen molar-refractivity contribution in [2.45, 2.75) is 13.3 Å². The Hall–Kier alpha value is -2.93. The number of ether oxygens (including phenoxy) is 2. The van der Waals surface area contributed by atoms with Gasteiger partial charge in [-0.1, -0.05) is 13.0 Å². The van der Waals surface area contributed by atoms with Gasteiger partial charge in [0.25, 0.3) is 5.91 Å². The molecule has 1 amide bonds. The van der Waals surface area contributed by atoms with Crippen LogP contribution in [-0.2, 0) is 4.79 Å². The van der Waals surface area contributed by atoms with Crippen LogP contribution in [0.3, 0.4) is 0 Å². The highest BCUT2D eigenvalue weighted by Crippen LogP contribution is 2.35. The SMILES string of the molecule is CCCN1C(=O)/C(=C/c2ccc(O)c(OC)c2)SC1=Nc1ccc(OC)cc1. The molecule has 1 saturated heterocycles. The molecular weight excluding hydrogens is 376 g/mol. The number of aliphatic imine (C=N–C) groups is 1. The second-order valence-corrected chi connectivity index (χ2v) is 7.10. The highest BCUT2D eigenvalue weighted by Gasteiger charge is 2.32. The Balaban J connectivity index is 1.92. The molecule has 1 aliphatic rings. The van der Waals surface area contributed by atoms with Gasteiger partial charge in [0.1, 0.15) is 5.75 Å². The number of benzene rings is 2. The molecule has 1 fully saturated rings. The van der Waals surface area contributed by atoms with Crippen LogP contribution in [0.25, 0.3) is 6.08 Å². The van der Waals surface area contributed by atoms with Crippen molar-refractivity contribution in [2.75, 3.05) is 20.8 Å². The number of phenolic OH excluding ortho intramolecular Hbond substituents is 1. The van der Waals surface area contributed by atoms with E-state index >= 15 is 0 Å². The molecular formula is C21H22N2O4S. The maximum Gasteiger partial charge on any atom is 0.266 e. The molecule has 1 N–H and O–H groups in total. The summed E-state index contributed by atoms with van der Waals surface area (Å²) in [4.78, 5) is 19.8. The lowest BCUT2D eigenvalue weighted by molar-refractivity contribution is -0.122. The van der Waals surface area contributed by atoms with Crippen LogP contribution >= 0.6 is 11.8 Å². The predicted octanol–water partition coefficient (Wildman–Crippen LogP) is 4.42. The molecule has 0 saturated carbocycles. The van der Waals surface area contributed by atoms with E-state index in [-0.39, 0.29) is 11.7 Å². The molecule has 28 heavy (non-hydrogen) atoms. The summed E-state index contributed by atoms with van der Waals surface area (Å²) in [5.74, 6) is 1.10.